The van der Waals surface area contributed by atoms with Gasteiger partial charge in [0, 0.05) is 62.2 Å². The molecule has 0 spiro atoms. The molecule has 0 saturated heterocycles. The highest BCUT2D eigenvalue weighted by molar-refractivity contribution is 5.98. The average Bonchev–Trinajstić information content (AvgIpc) is 2.91. The van der Waals surface area contributed by atoms with Gasteiger partial charge in [-0.15, -0.1) is 0 Å². The van der Waals surface area contributed by atoms with Crippen LogP contribution in [-0.2, 0) is 0 Å². The quantitative estimate of drug-likeness (QED) is 0.243. The predicted octanol–water partition coefficient (Wildman–Crippen LogP) is 7.90. The lowest BCUT2D eigenvalue weighted by molar-refractivity contribution is 0.984. The number of benzene rings is 5. The maximum absolute atomic E-state index is 3.62. The molecule has 0 aliphatic heterocycles. The van der Waals surface area contributed by atoms with Crippen LogP contribution in [0.25, 0.3) is 10.8 Å². The molecule has 0 aromatic heterocycles. The van der Waals surface area contributed by atoms with Gasteiger partial charge in [-0.1, -0.05) is 72.8 Å². The van der Waals surface area contributed by atoms with E-state index < -0.39 is 0 Å². The van der Waals surface area contributed by atoms with E-state index in [0.29, 0.717) is 0 Å². The molecule has 0 atom stereocenters. The van der Waals surface area contributed by atoms with Gasteiger partial charge < -0.3 is 15.1 Å². The van der Waals surface area contributed by atoms with Gasteiger partial charge in [-0.3, -0.25) is 0 Å². The summed E-state index contributed by atoms with van der Waals surface area (Å²) in [6.45, 7) is 0. The summed E-state index contributed by atoms with van der Waals surface area (Å²) in [5.41, 5.74) is 8.48. The molecular formula is C33H33N3. The van der Waals surface area contributed by atoms with Crippen LogP contribution < -0.4 is 15.1 Å². The van der Waals surface area contributed by atoms with Gasteiger partial charge in [0.15, 0.2) is 0 Å². The van der Waals surface area contributed by atoms with E-state index in [1.54, 1.807) is 0 Å². The molecule has 180 valence electrons. The van der Waals surface area contributed by atoms with E-state index in [9.17, 15) is 0 Å². The van der Waals surface area contributed by atoms with Gasteiger partial charge in [-0.05, 0) is 64.5 Å². The highest BCUT2D eigenvalue weighted by atomic mass is 15.1. The Bertz CT molecular complexity index is 1390. The SMILES string of the molecule is CN(C)c1ccc(C(c2ccc(N(C)C)cc2)c2ccc(Nc3ccccc3)c3ccccc23)cc1. The number of anilines is 4. The van der Waals surface area contributed by atoms with Crippen molar-refractivity contribution < 1.29 is 0 Å². The summed E-state index contributed by atoms with van der Waals surface area (Å²) in [6, 6.07) is 41.5. The van der Waals surface area contributed by atoms with Crippen LogP contribution in [0.1, 0.15) is 22.6 Å². The molecule has 0 amide bonds. The number of hydrogen-bond acceptors (Lipinski definition) is 3. The Balaban J connectivity index is 1.66. The Morgan fingerprint density at radius 3 is 1.53 bits per heavy atom. The number of para-hydroxylation sites is 1. The van der Waals surface area contributed by atoms with Crippen LogP contribution in [0.2, 0.25) is 0 Å². The first-order chi connectivity index (χ1) is 17.5. The first-order valence-electron chi connectivity index (χ1n) is 12.4. The fourth-order valence-corrected chi connectivity index (χ4v) is 4.84. The van der Waals surface area contributed by atoms with Crippen molar-refractivity contribution in [3.8, 4) is 0 Å². The summed E-state index contributed by atoms with van der Waals surface area (Å²) in [7, 11) is 8.33. The third-order valence-electron chi connectivity index (χ3n) is 6.81. The van der Waals surface area contributed by atoms with Crippen molar-refractivity contribution in [3.63, 3.8) is 0 Å². The zero-order chi connectivity index (χ0) is 25.1. The molecule has 5 rings (SSSR count). The van der Waals surface area contributed by atoms with Gasteiger partial charge >= 0.3 is 0 Å². The Morgan fingerprint density at radius 2 is 1.00 bits per heavy atom. The lowest BCUT2D eigenvalue weighted by Crippen LogP contribution is -2.10. The van der Waals surface area contributed by atoms with Gasteiger partial charge in [0.1, 0.15) is 0 Å². The fourth-order valence-electron chi connectivity index (χ4n) is 4.84. The van der Waals surface area contributed by atoms with Crippen LogP contribution in [0, 0.1) is 0 Å². The van der Waals surface area contributed by atoms with Crippen molar-refractivity contribution >= 4 is 33.5 Å². The van der Waals surface area contributed by atoms with Crippen molar-refractivity contribution in [3.05, 3.63) is 132 Å². The largest absolute Gasteiger partial charge is 0.378 e. The Kier molecular flexibility index (Phi) is 6.64. The summed E-state index contributed by atoms with van der Waals surface area (Å²) in [5, 5.41) is 6.10. The molecule has 36 heavy (non-hydrogen) atoms. The van der Waals surface area contributed by atoms with E-state index in [0.717, 1.165) is 11.4 Å². The van der Waals surface area contributed by atoms with Crippen LogP contribution in [0.4, 0.5) is 22.7 Å². The second kappa shape index (κ2) is 10.2. The topological polar surface area (TPSA) is 18.5 Å². The first-order valence-corrected chi connectivity index (χ1v) is 12.4. The number of rotatable bonds is 7. The molecule has 3 nitrogen and oxygen atoms in total. The zero-order valence-corrected chi connectivity index (χ0v) is 21.4. The van der Waals surface area contributed by atoms with Crippen LogP contribution in [0.5, 0.6) is 0 Å². The summed E-state index contributed by atoms with van der Waals surface area (Å²) < 4.78 is 0. The molecule has 0 fully saturated rings. The average molecular weight is 472 g/mol. The molecule has 0 aliphatic carbocycles. The van der Waals surface area contributed by atoms with Crippen molar-refractivity contribution in [2.45, 2.75) is 5.92 Å². The van der Waals surface area contributed by atoms with E-state index in [4.69, 9.17) is 0 Å². The van der Waals surface area contributed by atoms with Crippen LogP contribution in [-0.4, -0.2) is 28.2 Å². The Morgan fingerprint density at radius 1 is 0.500 bits per heavy atom. The Hall–Kier alpha value is -4.24. The minimum absolute atomic E-state index is 0.119. The summed E-state index contributed by atoms with van der Waals surface area (Å²) in [6.07, 6.45) is 0. The van der Waals surface area contributed by atoms with E-state index in [-0.39, 0.29) is 5.92 Å². The maximum atomic E-state index is 3.62. The van der Waals surface area contributed by atoms with Gasteiger partial charge in [-0.2, -0.15) is 0 Å². The molecule has 3 heteroatoms. The van der Waals surface area contributed by atoms with Crippen molar-refractivity contribution in [2.24, 2.45) is 0 Å². The molecule has 0 unspecified atom stereocenters. The monoisotopic (exact) mass is 471 g/mol. The molecule has 0 radical (unpaired) electrons. The summed E-state index contributed by atoms with van der Waals surface area (Å²) in [5.74, 6) is 0.119. The summed E-state index contributed by atoms with van der Waals surface area (Å²) in [4.78, 5) is 4.29. The molecule has 0 heterocycles. The van der Waals surface area contributed by atoms with E-state index in [2.05, 4.69) is 153 Å². The lowest BCUT2D eigenvalue weighted by atomic mass is 9.82. The van der Waals surface area contributed by atoms with Crippen molar-refractivity contribution in [1.29, 1.82) is 0 Å². The third kappa shape index (κ3) is 4.78. The molecule has 1 N–H and O–H groups in total. The van der Waals surface area contributed by atoms with Gasteiger partial charge in [0.05, 0.1) is 0 Å². The van der Waals surface area contributed by atoms with Gasteiger partial charge in [0.25, 0.3) is 0 Å². The minimum Gasteiger partial charge on any atom is -0.378 e. The molecule has 5 aromatic rings. The van der Waals surface area contributed by atoms with Gasteiger partial charge in [0.2, 0.25) is 0 Å². The van der Waals surface area contributed by atoms with Crippen LogP contribution in [0.3, 0.4) is 0 Å². The number of hydrogen-bond donors (Lipinski definition) is 1. The van der Waals surface area contributed by atoms with Crippen molar-refractivity contribution in [2.75, 3.05) is 43.3 Å². The smallest absolute Gasteiger partial charge is 0.0464 e. The Labute approximate surface area is 214 Å². The fraction of sp³-hybridized carbons (Fsp3) is 0.152. The predicted molar refractivity (Wildman–Crippen MR) is 156 cm³/mol. The number of nitrogens with zero attached hydrogens (tertiary/aromatic N) is 2. The second-order valence-corrected chi connectivity index (χ2v) is 9.64. The maximum Gasteiger partial charge on any atom is 0.0464 e. The highest BCUT2D eigenvalue weighted by Gasteiger charge is 2.20. The number of fused-ring (bicyclic) bond motifs is 1. The molecule has 5 aromatic carbocycles. The molecule has 0 aliphatic rings. The van der Waals surface area contributed by atoms with Gasteiger partial charge in [-0.25, -0.2) is 0 Å². The second-order valence-electron chi connectivity index (χ2n) is 9.64. The van der Waals surface area contributed by atoms with E-state index >= 15 is 0 Å². The van der Waals surface area contributed by atoms with E-state index in [1.807, 2.05) is 6.07 Å². The standard InChI is InChI=1S/C33H33N3/c1-35(2)27-18-14-24(15-19-27)33(25-16-20-28(21-17-25)36(3)4)31-22-23-32(30-13-9-8-12-29(30)31)34-26-10-6-5-7-11-26/h5-23,33-34H,1-4H3. The minimum atomic E-state index is 0.119. The lowest BCUT2D eigenvalue weighted by Gasteiger charge is -2.24. The van der Waals surface area contributed by atoms with Crippen molar-refractivity contribution in [1.82, 2.24) is 0 Å². The zero-order valence-electron chi connectivity index (χ0n) is 21.4. The van der Waals surface area contributed by atoms with Crippen LogP contribution >= 0.6 is 0 Å². The van der Waals surface area contributed by atoms with E-state index in [1.165, 1.54) is 38.8 Å². The van der Waals surface area contributed by atoms with Crippen LogP contribution in [0.15, 0.2) is 115 Å². The number of nitrogens with one attached hydrogen (secondary N) is 1. The highest BCUT2D eigenvalue weighted by Crippen LogP contribution is 2.39. The normalized spacial score (nSPS) is 11.0. The third-order valence-corrected chi connectivity index (χ3v) is 6.81. The summed E-state index contributed by atoms with van der Waals surface area (Å²) >= 11 is 0. The molecule has 0 saturated carbocycles. The first kappa shape index (κ1) is 23.5. The molecule has 0 bridgehead atoms. The molecular weight excluding hydrogens is 438 g/mol.